The maximum Gasteiger partial charge on any atom is 0.260 e. The molecule has 4 nitrogen and oxygen atoms in total. The van der Waals surface area contributed by atoms with Crippen molar-refractivity contribution in [2.45, 2.75) is 39.2 Å². The molecule has 0 radical (unpaired) electrons. The SMILES string of the molecule is CC1CCN(CCCNC(=O)[C@H](C)Oc2ccc(F)cc2)CC1. The van der Waals surface area contributed by atoms with Crippen LogP contribution in [0.1, 0.15) is 33.1 Å². The van der Waals surface area contributed by atoms with Crippen LogP contribution in [0.3, 0.4) is 0 Å². The third kappa shape index (κ3) is 6.18. The number of amides is 1. The minimum Gasteiger partial charge on any atom is -0.481 e. The Morgan fingerprint density at radius 3 is 2.65 bits per heavy atom. The van der Waals surface area contributed by atoms with E-state index in [4.69, 9.17) is 4.74 Å². The van der Waals surface area contributed by atoms with Crippen LogP contribution in [0.5, 0.6) is 5.75 Å². The summed E-state index contributed by atoms with van der Waals surface area (Å²) in [4.78, 5) is 14.4. The van der Waals surface area contributed by atoms with Gasteiger partial charge in [-0.05, 0) is 76.0 Å². The van der Waals surface area contributed by atoms with Gasteiger partial charge in [0, 0.05) is 6.54 Å². The van der Waals surface area contributed by atoms with Crippen LogP contribution in [-0.4, -0.2) is 43.1 Å². The van der Waals surface area contributed by atoms with Gasteiger partial charge in [0.25, 0.3) is 5.91 Å². The largest absolute Gasteiger partial charge is 0.481 e. The van der Waals surface area contributed by atoms with Gasteiger partial charge in [0.15, 0.2) is 6.10 Å². The number of hydrogen-bond donors (Lipinski definition) is 1. The highest BCUT2D eigenvalue weighted by atomic mass is 19.1. The molecule has 1 aliphatic heterocycles. The van der Waals surface area contributed by atoms with Crippen LogP contribution in [0, 0.1) is 11.7 Å². The van der Waals surface area contributed by atoms with E-state index in [-0.39, 0.29) is 11.7 Å². The lowest BCUT2D eigenvalue weighted by Crippen LogP contribution is -2.39. The van der Waals surface area contributed by atoms with E-state index in [2.05, 4.69) is 17.1 Å². The van der Waals surface area contributed by atoms with E-state index in [0.717, 1.165) is 18.9 Å². The topological polar surface area (TPSA) is 41.6 Å². The predicted octanol–water partition coefficient (Wildman–Crippen LogP) is 2.83. The summed E-state index contributed by atoms with van der Waals surface area (Å²) in [5, 5.41) is 2.90. The summed E-state index contributed by atoms with van der Waals surface area (Å²) in [6.45, 7) is 8.02. The number of benzene rings is 1. The summed E-state index contributed by atoms with van der Waals surface area (Å²) in [5.41, 5.74) is 0. The average Bonchev–Trinajstić information content (AvgIpc) is 2.55. The van der Waals surface area contributed by atoms with Crippen molar-refractivity contribution in [1.29, 1.82) is 0 Å². The number of carbonyl (C=O) groups is 1. The number of nitrogens with one attached hydrogen (secondary N) is 1. The Balaban J connectivity index is 1.61. The standard InChI is InChI=1S/C18H27FN2O2/c1-14-8-12-21(13-9-14)11-3-10-20-18(22)15(2)23-17-6-4-16(19)5-7-17/h4-7,14-15H,3,8-13H2,1-2H3,(H,20,22)/t15-/m0/s1. The molecule has 2 rings (SSSR count). The first-order valence-electron chi connectivity index (χ1n) is 8.47. The second-order valence-electron chi connectivity index (χ2n) is 6.38. The molecule has 23 heavy (non-hydrogen) atoms. The Morgan fingerprint density at radius 2 is 2.00 bits per heavy atom. The normalized spacial score (nSPS) is 17.7. The fraction of sp³-hybridized carbons (Fsp3) is 0.611. The molecule has 1 heterocycles. The first-order chi connectivity index (χ1) is 11.0. The van der Waals surface area contributed by atoms with Crippen molar-refractivity contribution in [2.75, 3.05) is 26.2 Å². The molecule has 1 aromatic carbocycles. The van der Waals surface area contributed by atoms with Gasteiger partial charge in [-0.3, -0.25) is 4.79 Å². The van der Waals surface area contributed by atoms with Crippen molar-refractivity contribution >= 4 is 5.91 Å². The molecule has 0 unspecified atom stereocenters. The number of likely N-dealkylation sites (tertiary alicyclic amines) is 1. The van der Waals surface area contributed by atoms with Crippen molar-refractivity contribution in [2.24, 2.45) is 5.92 Å². The van der Waals surface area contributed by atoms with E-state index in [0.29, 0.717) is 12.3 Å². The van der Waals surface area contributed by atoms with Crippen molar-refractivity contribution in [3.8, 4) is 5.75 Å². The fourth-order valence-corrected chi connectivity index (χ4v) is 2.71. The molecule has 0 bridgehead atoms. The highest BCUT2D eigenvalue weighted by Crippen LogP contribution is 2.16. The number of carbonyl (C=O) groups excluding carboxylic acids is 1. The van der Waals surface area contributed by atoms with Crippen LogP contribution in [-0.2, 0) is 4.79 Å². The highest BCUT2D eigenvalue weighted by Gasteiger charge is 2.16. The molecule has 0 spiro atoms. The predicted molar refractivity (Wildman–Crippen MR) is 89.0 cm³/mol. The Hall–Kier alpha value is -1.62. The van der Waals surface area contributed by atoms with Gasteiger partial charge in [0.05, 0.1) is 0 Å². The van der Waals surface area contributed by atoms with Crippen LogP contribution >= 0.6 is 0 Å². The van der Waals surface area contributed by atoms with E-state index in [1.807, 2.05) is 0 Å². The Labute approximate surface area is 138 Å². The fourth-order valence-electron chi connectivity index (χ4n) is 2.71. The van der Waals surface area contributed by atoms with Gasteiger partial charge in [0.1, 0.15) is 11.6 Å². The lowest BCUT2D eigenvalue weighted by atomic mass is 9.99. The van der Waals surface area contributed by atoms with Gasteiger partial charge in [-0.25, -0.2) is 4.39 Å². The summed E-state index contributed by atoms with van der Waals surface area (Å²) < 4.78 is 18.3. The smallest absolute Gasteiger partial charge is 0.260 e. The molecule has 1 aliphatic rings. The molecular weight excluding hydrogens is 295 g/mol. The van der Waals surface area contributed by atoms with E-state index < -0.39 is 6.10 Å². The summed E-state index contributed by atoms with van der Waals surface area (Å²) in [7, 11) is 0. The van der Waals surface area contributed by atoms with E-state index >= 15 is 0 Å². The molecule has 0 aromatic heterocycles. The molecule has 1 amide bonds. The molecule has 1 atom stereocenters. The zero-order valence-corrected chi connectivity index (χ0v) is 14.1. The lowest BCUT2D eigenvalue weighted by molar-refractivity contribution is -0.127. The molecule has 128 valence electrons. The molecule has 1 saturated heterocycles. The molecule has 1 aromatic rings. The number of halogens is 1. The van der Waals surface area contributed by atoms with Gasteiger partial charge < -0.3 is 15.0 Å². The lowest BCUT2D eigenvalue weighted by Gasteiger charge is -2.30. The molecule has 1 N–H and O–H groups in total. The second-order valence-corrected chi connectivity index (χ2v) is 6.38. The first-order valence-corrected chi connectivity index (χ1v) is 8.47. The number of piperidine rings is 1. The van der Waals surface area contributed by atoms with Gasteiger partial charge >= 0.3 is 0 Å². The maximum absolute atomic E-state index is 12.8. The number of hydrogen-bond acceptors (Lipinski definition) is 3. The zero-order chi connectivity index (χ0) is 16.7. The number of ether oxygens (including phenoxy) is 1. The summed E-state index contributed by atoms with van der Waals surface area (Å²) in [6, 6.07) is 5.69. The summed E-state index contributed by atoms with van der Waals surface area (Å²) in [5.74, 6) is 0.884. The van der Waals surface area contributed by atoms with Gasteiger partial charge in [-0.2, -0.15) is 0 Å². The maximum atomic E-state index is 12.8. The highest BCUT2D eigenvalue weighted by molar-refractivity contribution is 5.80. The van der Waals surface area contributed by atoms with Crippen LogP contribution in [0.25, 0.3) is 0 Å². The molecule has 5 heteroatoms. The zero-order valence-electron chi connectivity index (χ0n) is 14.1. The van der Waals surface area contributed by atoms with E-state index in [9.17, 15) is 9.18 Å². The van der Waals surface area contributed by atoms with Crippen LogP contribution in [0.2, 0.25) is 0 Å². The van der Waals surface area contributed by atoms with Crippen LogP contribution in [0.15, 0.2) is 24.3 Å². The van der Waals surface area contributed by atoms with Gasteiger partial charge in [-0.1, -0.05) is 6.92 Å². The third-order valence-electron chi connectivity index (χ3n) is 4.32. The molecule has 0 aliphatic carbocycles. The summed E-state index contributed by atoms with van der Waals surface area (Å²) >= 11 is 0. The quantitative estimate of drug-likeness (QED) is 0.785. The van der Waals surface area contributed by atoms with E-state index in [1.54, 1.807) is 6.92 Å². The monoisotopic (exact) mass is 322 g/mol. The molecular formula is C18H27FN2O2. The van der Waals surface area contributed by atoms with Crippen molar-refractivity contribution in [3.63, 3.8) is 0 Å². The van der Waals surface area contributed by atoms with Crippen molar-refractivity contribution < 1.29 is 13.9 Å². The first kappa shape index (κ1) is 17.7. The van der Waals surface area contributed by atoms with Crippen molar-refractivity contribution in [1.82, 2.24) is 10.2 Å². The van der Waals surface area contributed by atoms with Crippen LogP contribution < -0.4 is 10.1 Å². The minimum absolute atomic E-state index is 0.137. The summed E-state index contributed by atoms with van der Waals surface area (Å²) in [6.07, 6.45) is 2.91. The van der Waals surface area contributed by atoms with Gasteiger partial charge in [-0.15, -0.1) is 0 Å². The van der Waals surface area contributed by atoms with Crippen LogP contribution in [0.4, 0.5) is 4.39 Å². The average molecular weight is 322 g/mol. The van der Waals surface area contributed by atoms with E-state index in [1.165, 1.54) is 50.2 Å². The Morgan fingerprint density at radius 1 is 1.35 bits per heavy atom. The third-order valence-corrected chi connectivity index (χ3v) is 4.32. The Kier molecular flexibility index (Phi) is 6.84. The van der Waals surface area contributed by atoms with Crippen molar-refractivity contribution in [3.05, 3.63) is 30.1 Å². The Bertz CT molecular complexity index is 484. The number of nitrogens with zero attached hydrogens (tertiary/aromatic N) is 1. The van der Waals surface area contributed by atoms with Gasteiger partial charge in [0.2, 0.25) is 0 Å². The number of rotatable bonds is 7. The second kappa shape index (κ2) is 8.87. The molecule has 0 saturated carbocycles. The molecule has 1 fully saturated rings. The minimum atomic E-state index is -0.587.